The molecule has 0 aliphatic heterocycles. The molecule has 2 rings (SSSR count). The van der Waals surface area contributed by atoms with Gasteiger partial charge in [0.15, 0.2) is 5.96 Å². The Morgan fingerprint density at radius 3 is 2.73 bits per heavy atom. The van der Waals surface area contributed by atoms with E-state index in [1.807, 2.05) is 26.1 Å². The fourth-order valence-corrected chi connectivity index (χ4v) is 2.54. The monoisotopic (exact) mass is 436 g/mol. The molecule has 1 atom stereocenters. The molecule has 2 heterocycles. The third kappa shape index (κ3) is 5.58. The van der Waals surface area contributed by atoms with Crippen LogP contribution in [0.25, 0.3) is 0 Å². The number of hydrogen-bond acceptors (Lipinski definition) is 5. The molecule has 0 aliphatic carbocycles. The summed E-state index contributed by atoms with van der Waals surface area (Å²) in [7, 11) is 1.69. The van der Waals surface area contributed by atoms with Crippen LogP contribution in [-0.2, 0) is 6.54 Å². The van der Waals surface area contributed by atoms with Crippen LogP contribution in [0.5, 0.6) is 0 Å². The topological polar surface area (TPSA) is 82.7 Å². The zero-order valence-corrected chi connectivity index (χ0v) is 15.9. The minimum absolute atomic E-state index is 0. The summed E-state index contributed by atoms with van der Waals surface area (Å²) in [6.07, 6.45) is 1.14. The summed E-state index contributed by atoms with van der Waals surface area (Å²) in [5.74, 6) is 1.96. The largest absolute Gasteiger partial charge is 0.464 e. The van der Waals surface area contributed by atoms with Gasteiger partial charge in [0, 0.05) is 18.1 Å². The molecule has 0 radical (unpaired) electrons. The smallest absolute Gasteiger partial charge is 0.191 e. The highest BCUT2D eigenvalue weighted by atomic mass is 127. The van der Waals surface area contributed by atoms with Gasteiger partial charge in [0.1, 0.15) is 17.6 Å². The summed E-state index contributed by atoms with van der Waals surface area (Å²) in [5, 5.41) is 17.3. The molecule has 0 spiro atoms. The number of guanidine groups is 1. The number of aliphatic hydroxyl groups is 1. The van der Waals surface area contributed by atoms with Gasteiger partial charge in [-0.15, -0.1) is 35.3 Å². The quantitative estimate of drug-likeness (QED) is 0.381. The highest BCUT2D eigenvalue weighted by molar-refractivity contribution is 14.0. The van der Waals surface area contributed by atoms with Gasteiger partial charge in [-0.05, 0) is 26.0 Å². The van der Waals surface area contributed by atoms with Crippen molar-refractivity contribution in [3.63, 3.8) is 0 Å². The van der Waals surface area contributed by atoms with E-state index < -0.39 is 6.10 Å². The van der Waals surface area contributed by atoms with Crippen molar-refractivity contribution in [1.82, 2.24) is 15.6 Å². The van der Waals surface area contributed by atoms with Crippen LogP contribution in [0, 0.1) is 13.8 Å². The van der Waals surface area contributed by atoms with E-state index in [9.17, 15) is 5.11 Å². The molecule has 0 aromatic carbocycles. The third-order valence-corrected chi connectivity index (χ3v) is 3.79. The molecule has 0 saturated heterocycles. The number of hydrogen-bond donors (Lipinski definition) is 3. The van der Waals surface area contributed by atoms with E-state index in [1.165, 1.54) is 0 Å². The summed E-state index contributed by atoms with van der Waals surface area (Å²) in [5.41, 5.74) is 0. The third-order valence-electron chi connectivity index (χ3n) is 2.88. The molecule has 0 saturated carbocycles. The van der Waals surface area contributed by atoms with Gasteiger partial charge in [-0.25, -0.2) is 4.98 Å². The van der Waals surface area contributed by atoms with Gasteiger partial charge in [0.25, 0.3) is 0 Å². The Balaban J connectivity index is 0.00000242. The molecule has 8 heteroatoms. The standard InChI is InChI=1S/C14H20N4O2S.HI/c1-9-4-5-13(20-9)12(19)8-18-14(15-3)17-7-11-6-16-10(2)21-11;/h4-6,12,19H,7-8H2,1-3H3,(H2,15,17,18);1H. The summed E-state index contributed by atoms with van der Waals surface area (Å²) < 4.78 is 5.39. The minimum atomic E-state index is -0.706. The average Bonchev–Trinajstić information content (AvgIpc) is 3.07. The van der Waals surface area contributed by atoms with E-state index in [-0.39, 0.29) is 24.0 Å². The minimum Gasteiger partial charge on any atom is -0.464 e. The molecule has 6 nitrogen and oxygen atoms in total. The first kappa shape index (κ1) is 18.9. The molecule has 2 aromatic heterocycles. The molecular weight excluding hydrogens is 415 g/mol. The van der Waals surface area contributed by atoms with E-state index in [0.717, 1.165) is 15.6 Å². The lowest BCUT2D eigenvalue weighted by Crippen LogP contribution is -2.38. The van der Waals surface area contributed by atoms with E-state index in [0.29, 0.717) is 24.8 Å². The number of aliphatic hydroxyl groups excluding tert-OH is 1. The number of furan rings is 1. The molecule has 22 heavy (non-hydrogen) atoms. The van der Waals surface area contributed by atoms with Gasteiger partial charge in [-0.2, -0.15) is 0 Å². The summed E-state index contributed by atoms with van der Waals surface area (Å²) in [4.78, 5) is 9.46. The van der Waals surface area contributed by atoms with Gasteiger partial charge in [-0.1, -0.05) is 0 Å². The van der Waals surface area contributed by atoms with Crippen molar-refractivity contribution in [3.8, 4) is 0 Å². The molecule has 2 aromatic rings. The maximum absolute atomic E-state index is 10.0. The summed E-state index contributed by atoms with van der Waals surface area (Å²) in [6, 6.07) is 3.61. The van der Waals surface area contributed by atoms with E-state index >= 15 is 0 Å². The average molecular weight is 436 g/mol. The van der Waals surface area contributed by atoms with Gasteiger partial charge in [0.2, 0.25) is 0 Å². The van der Waals surface area contributed by atoms with Crippen molar-refractivity contribution < 1.29 is 9.52 Å². The highest BCUT2D eigenvalue weighted by Gasteiger charge is 2.12. The maximum Gasteiger partial charge on any atom is 0.191 e. The number of aromatic nitrogens is 1. The lowest BCUT2D eigenvalue weighted by Gasteiger charge is -2.13. The summed E-state index contributed by atoms with van der Waals surface area (Å²) in [6.45, 7) is 4.81. The predicted octanol–water partition coefficient (Wildman–Crippen LogP) is 2.37. The number of nitrogens with zero attached hydrogens (tertiary/aromatic N) is 2. The molecule has 0 bridgehead atoms. The summed E-state index contributed by atoms with van der Waals surface area (Å²) >= 11 is 1.64. The second kappa shape index (κ2) is 9.11. The van der Waals surface area contributed by atoms with E-state index in [2.05, 4.69) is 20.6 Å². The van der Waals surface area contributed by atoms with Crippen LogP contribution in [0.15, 0.2) is 27.7 Å². The maximum atomic E-state index is 10.0. The SMILES string of the molecule is CN=C(NCc1cnc(C)s1)NCC(O)c1ccc(C)o1.I. The number of nitrogens with one attached hydrogen (secondary N) is 2. The van der Waals surface area contributed by atoms with Crippen LogP contribution >= 0.6 is 35.3 Å². The number of aryl methyl sites for hydroxylation is 2. The first-order valence-electron chi connectivity index (χ1n) is 6.68. The Bertz CT molecular complexity index is 612. The molecule has 1 unspecified atom stereocenters. The number of rotatable bonds is 5. The first-order chi connectivity index (χ1) is 10.1. The number of aliphatic imine (C=N–C) groups is 1. The van der Waals surface area contributed by atoms with E-state index in [1.54, 1.807) is 24.5 Å². The van der Waals surface area contributed by atoms with Crippen molar-refractivity contribution in [2.24, 2.45) is 4.99 Å². The number of halogens is 1. The van der Waals surface area contributed by atoms with Crippen molar-refractivity contribution in [3.05, 3.63) is 39.7 Å². The molecule has 0 aliphatic rings. The van der Waals surface area contributed by atoms with Gasteiger partial charge in [0.05, 0.1) is 18.1 Å². The molecule has 3 N–H and O–H groups in total. The Morgan fingerprint density at radius 2 is 2.18 bits per heavy atom. The molecule has 0 fully saturated rings. The van der Waals surface area contributed by atoms with Crippen LogP contribution in [0.2, 0.25) is 0 Å². The lowest BCUT2D eigenvalue weighted by atomic mass is 10.3. The first-order valence-corrected chi connectivity index (χ1v) is 7.50. The number of thiazole rings is 1. The fourth-order valence-electron chi connectivity index (χ4n) is 1.80. The molecular formula is C14H21IN4O2S. The Kier molecular flexibility index (Phi) is 7.83. The molecule has 122 valence electrons. The van der Waals surface area contributed by atoms with Crippen molar-refractivity contribution in [2.75, 3.05) is 13.6 Å². The van der Waals surface area contributed by atoms with Gasteiger partial charge < -0.3 is 20.2 Å². The van der Waals surface area contributed by atoms with Crippen molar-refractivity contribution in [2.45, 2.75) is 26.5 Å². The van der Waals surface area contributed by atoms with Gasteiger partial charge in [-0.3, -0.25) is 4.99 Å². The van der Waals surface area contributed by atoms with Crippen LogP contribution in [0.4, 0.5) is 0 Å². The Labute approximate surface area is 151 Å². The second-order valence-corrected chi connectivity index (χ2v) is 5.94. The zero-order chi connectivity index (χ0) is 15.2. The lowest BCUT2D eigenvalue weighted by molar-refractivity contribution is 0.151. The highest BCUT2D eigenvalue weighted by Crippen LogP contribution is 2.15. The normalized spacial score (nSPS) is 12.6. The van der Waals surface area contributed by atoms with Gasteiger partial charge >= 0.3 is 0 Å². The van der Waals surface area contributed by atoms with Crippen molar-refractivity contribution >= 4 is 41.3 Å². The van der Waals surface area contributed by atoms with Crippen LogP contribution in [-0.4, -0.2) is 29.6 Å². The molecule has 0 amide bonds. The van der Waals surface area contributed by atoms with Crippen LogP contribution in [0.3, 0.4) is 0 Å². The van der Waals surface area contributed by atoms with Crippen molar-refractivity contribution in [1.29, 1.82) is 0 Å². The van der Waals surface area contributed by atoms with Crippen LogP contribution < -0.4 is 10.6 Å². The predicted molar refractivity (Wildman–Crippen MR) is 98.9 cm³/mol. The Hall–Kier alpha value is -1.13. The zero-order valence-electron chi connectivity index (χ0n) is 12.8. The fraction of sp³-hybridized carbons (Fsp3) is 0.429. The Morgan fingerprint density at radius 1 is 1.41 bits per heavy atom. The van der Waals surface area contributed by atoms with E-state index in [4.69, 9.17) is 4.42 Å². The second-order valence-electron chi connectivity index (χ2n) is 4.62. The van der Waals surface area contributed by atoms with Crippen LogP contribution in [0.1, 0.15) is 27.5 Å².